The molecule has 102 valence electrons. The molecule has 0 radical (unpaired) electrons. The van der Waals surface area contributed by atoms with Gasteiger partial charge in [-0.25, -0.2) is 9.50 Å². The van der Waals surface area contributed by atoms with Crippen molar-refractivity contribution in [2.75, 3.05) is 13.1 Å². The summed E-state index contributed by atoms with van der Waals surface area (Å²) in [5.74, 6) is 0. The fourth-order valence-electron chi connectivity index (χ4n) is 2.50. The van der Waals surface area contributed by atoms with Crippen LogP contribution in [0.15, 0.2) is 17.3 Å². The summed E-state index contributed by atoms with van der Waals surface area (Å²) in [5.41, 5.74) is 0.0731. The smallest absolute Gasteiger partial charge is 0.296 e. The second-order valence-electron chi connectivity index (χ2n) is 5.17. The lowest BCUT2D eigenvalue weighted by atomic mass is 9.92. The maximum Gasteiger partial charge on any atom is 0.296 e. The largest absolute Gasteiger partial charge is 0.388 e. The van der Waals surface area contributed by atoms with Crippen LogP contribution in [0, 0.1) is 6.92 Å². The quantitative estimate of drug-likeness (QED) is 0.749. The highest BCUT2D eigenvalue weighted by Crippen LogP contribution is 2.19. The van der Waals surface area contributed by atoms with E-state index in [9.17, 15) is 9.90 Å². The third-order valence-corrected chi connectivity index (χ3v) is 3.67. The molecule has 0 atom stereocenters. The molecule has 0 amide bonds. The van der Waals surface area contributed by atoms with Gasteiger partial charge in [-0.3, -0.25) is 9.36 Å². The van der Waals surface area contributed by atoms with E-state index in [1.807, 2.05) is 6.92 Å². The molecular weight excluding hydrogens is 246 g/mol. The van der Waals surface area contributed by atoms with Gasteiger partial charge < -0.3 is 10.4 Å². The molecule has 1 aliphatic heterocycles. The van der Waals surface area contributed by atoms with Crippen LogP contribution in [-0.2, 0) is 6.54 Å². The summed E-state index contributed by atoms with van der Waals surface area (Å²) in [6.07, 6.45) is 4.37. The van der Waals surface area contributed by atoms with Crippen LogP contribution in [0.4, 0.5) is 0 Å². The maximum atomic E-state index is 12.3. The van der Waals surface area contributed by atoms with Gasteiger partial charge in [0.1, 0.15) is 6.33 Å². The summed E-state index contributed by atoms with van der Waals surface area (Å²) in [6, 6.07) is 0. The molecular formula is C12H17N5O2. The van der Waals surface area contributed by atoms with Crippen molar-refractivity contribution in [3.8, 4) is 0 Å². The van der Waals surface area contributed by atoms with Crippen LogP contribution in [-0.4, -0.2) is 43.0 Å². The first-order valence-electron chi connectivity index (χ1n) is 6.42. The Kier molecular flexibility index (Phi) is 2.87. The van der Waals surface area contributed by atoms with Crippen molar-refractivity contribution in [1.82, 2.24) is 24.5 Å². The summed E-state index contributed by atoms with van der Waals surface area (Å²) in [4.78, 5) is 16.3. The van der Waals surface area contributed by atoms with Gasteiger partial charge >= 0.3 is 0 Å². The molecule has 0 spiro atoms. The standard InChI is InChI=1S/C12H17N5O2/c1-9-6-14-10-11(18)16(8-15-17(9)10)7-12(19)2-4-13-5-3-12/h6,8,13,19H,2-5,7H2,1H3. The lowest BCUT2D eigenvalue weighted by Gasteiger charge is -2.32. The Labute approximate surface area is 109 Å². The molecule has 0 aliphatic carbocycles. The van der Waals surface area contributed by atoms with E-state index in [-0.39, 0.29) is 12.1 Å². The van der Waals surface area contributed by atoms with E-state index in [2.05, 4.69) is 15.4 Å². The van der Waals surface area contributed by atoms with Crippen molar-refractivity contribution in [2.45, 2.75) is 31.9 Å². The van der Waals surface area contributed by atoms with Crippen LogP contribution in [0.1, 0.15) is 18.5 Å². The molecule has 2 aromatic heterocycles. The number of aliphatic hydroxyl groups is 1. The van der Waals surface area contributed by atoms with Gasteiger partial charge in [0.05, 0.1) is 24.0 Å². The average Bonchev–Trinajstić information content (AvgIpc) is 2.76. The van der Waals surface area contributed by atoms with Gasteiger partial charge in [0, 0.05) is 0 Å². The van der Waals surface area contributed by atoms with E-state index >= 15 is 0 Å². The Bertz CT molecular complexity index is 654. The summed E-state index contributed by atoms with van der Waals surface area (Å²) in [7, 11) is 0. The molecule has 2 aromatic rings. The number of aryl methyl sites for hydroxylation is 1. The van der Waals surface area contributed by atoms with Crippen molar-refractivity contribution in [3.63, 3.8) is 0 Å². The third-order valence-electron chi connectivity index (χ3n) is 3.67. The van der Waals surface area contributed by atoms with Crippen molar-refractivity contribution < 1.29 is 5.11 Å². The maximum absolute atomic E-state index is 12.3. The normalized spacial score (nSPS) is 18.8. The van der Waals surface area contributed by atoms with E-state index in [4.69, 9.17) is 0 Å². The monoisotopic (exact) mass is 263 g/mol. The molecule has 0 unspecified atom stereocenters. The molecule has 7 heteroatoms. The Hall–Kier alpha value is -1.73. The number of aromatic nitrogens is 4. The Morgan fingerprint density at radius 2 is 2.21 bits per heavy atom. The predicted molar refractivity (Wildman–Crippen MR) is 69.0 cm³/mol. The second kappa shape index (κ2) is 4.43. The lowest BCUT2D eigenvalue weighted by Crippen LogP contribution is -2.46. The van der Waals surface area contributed by atoms with Gasteiger partial charge in [0.15, 0.2) is 0 Å². The number of piperidine rings is 1. The van der Waals surface area contributed by atoms with E-state index in [0.717, 1.165) is 18.8 Å². The molecule has 3 rings (SSSR count). The molecule has 3 heterocycles. The first kappa shape index (κ1) is 12.3. The molecule has 1 saturated heterocycles. The highest BCUT2D eigenvalue weighted by atomic mass is 16.3. The highest BCUT2D eigenvalue weighted by molar-refractivity contribution is 5.35. The number of hydrogen-bond donors (Lipinski definition) is 2. The Morgan fingerprint density at radius 3 is 2.95 bits per heavy atom. The van der Waals surface area contributed by atoms with Crippen molar-refractivity contribution in [3.05, 3.63) is 28.6 Å². The van der Waals surface area contributed by atoms with Crippen LogP contribution >= 0.6 is 0 Å². The number of imidazole rings is 1. The molecule has 1 fully saturated rings. The molecule has 0 aromatic carbocycles. The number of fused-ring (bicyclic) bond motifs is 1. The van der Waals surface area contributed by atoms with Gasteiger partial charge in [-0.2, -0.15) is 5.10 Å². The molecule has 7 nitrogen and oxygen atoms in total. The van der Waals surface area contributed by atoms with E-state index in [0.29, 0.717) is 18.5 Å². The van der Waals surface area contributed by atoms with Gasteiger partial charge in [-0.1, -0.05) is 0 Å². The topological polar surface area (TPSA) is 84.5 Å². The summed E-state index contributed by atoms with van der Waals surface area (Å²) in [5, 5.41) is 17.9. The first-order valence-corrected chi connectivity index (χ1v) is 6.42. The molecule has 1 aliphatic rings. The fraction of sp³-hybridized carbons (Fsp3) is 0.583. The van der Waals surface area contributed by atoms with Crippen LogP contribution in [0.2, 0.25) is 0 Å². The lowest BCUT2D eigenvalue weighted by molar-refractivity contribution is -0.00644. The minimum absolute atomic E-state index is 0.213. The van der Waals surface area contributed by atoms with E-state index in [1.54, 1.807) is 6.20 Å². The molecule has 19 heavy (non-hydrogen) atoms. The average molecular weight is 263 g/mol. The Balaban J connectivity index is 1.97. The van der Waals surface area contributed by atoms with Crippen LogP contribution in [0.5, 0.6) is 0 Å². The summed E-state index contributed by atoms with van der Waals surface area (Å²) in [6.45, 7) is 3.65. The van der Waals surface area contributed by atoms with E-state index < -0.39 is 5.60 Å². The van der Waals surface area contributed by atoms with Crippen molar-refractivity contribution in [1.29, 1.82) is 0 Å². The summed E-state index contributed by atoms with van der Waals surface area (Å²) < 4.78 is 2.97. The number of nitrogens with one attached hydrogen (secondary N) is 1. The molecule has 0 bridgehead atoms. The number of rotatable bonds is 2. The van der Waals surface area contributed by atoms with Crippen LogP contribution in [0.3, 0.4) is 0 Å². The van der Waals surface area contributed by atoms with Gasteiger partial charge in [0.2, 0.25) is 5.65 Å². The third kappa shape index (κ3) is 2.15. The van der Waals surface area contributed by atoms with Gasteiger partial charge in [0.25, 0.3) is 5.56 Å². The van der Waals surface area contributed by atoms with Crippen molar-refractivity contribution in [2.24, 2.45) is 0 Å². The number of hydrogen-bond acceptors (Lipinski definition) is 5. The highest BCUT2D eigenvalue weighted by Gasteiger charge is 2.30. The molecule has 2 N–H and O–H groups in total. The first-order chi connectivity index (χ1) is 9.09. The van der Waals surface area contributed by atoms with E-state index in [1.165, 1.54) is 15.4 Å². The van der Waals surface area contributed by atoms with Gasteiger partial charge in [-0.05, 0) is 32.9 Å². The van der Waals surface area contributed by atoms with Gasteiger partial charge in [-0.15, -0.1) is 0 Å². The van der Waals surface area contributed by atoms with Crippen molar-refractivity contribution >= 4 is 5.65 Å². The van der Waals surface area contributed by atoms with Crippen LogP contribution < -0.4 is 10.9 Å². The van der Waals surface area contributed by atoms with Crippen LogP contribution in [0.25, 0.3) is 5.65 Å². The second-order valence-corrected chi connectivity index (χ2v) is 5.17. The SMILES string of the molecule is Cc1cnc2c(=O)n(CC3(O)CCNCC3)cnn12. The zero-order valence-electron chi connectivity index (χ0n) is 10.8. The minimum Gasteiger partial charge on any atom is -0.388 e. The predicted octanol–water partition coefficient (Wildman–Crippen LogP) is -0.686. The minimum atomic E-state index is -0.837. The summed E-state index contributed by atoms with van der Waals surface area (Å²) >= 11 is 0. The zero-order chi connectivity index (χ0) is 13.5. The number of nitrogens with zero attached hydrogens (tertiary/aromatic N) is 4. The Morgan fingerprint density at radius 1 is 1.47 bits per heavy atom. The fourth-order valence-corrected chi connectivity index (χ4v) is 2.50. The molecule has 0 saturated carbocycles. The zero-order valence-corrected chi connectivity index (χ0v) is 10.8.